The summed E-state index contributed by atoms with van der Waals surface area (Å²) < 4.78 is 1.84. The average molecular weight is 345 g/mol. The van der Waals surface area contributed by atoms with Crippen molar-refractivity contribution in [2.45, 2.75) is 25.9 Å². The summed E-state index contributed by atoms with van der Waals surface area (Å²) in [6.07, 6.45) is 6.78. The molecule has 7 heteroatoms. The SMILES string of the molecule is C[C@H](Nc1nc(-c2cccnc2)nc2ccccc12)[C@H](C)n1cncn1. The summed E-state index contributed by atoms with van der Waals surface area (Å²) in [7, 11) is 0. The smallest absolute Gasteiger partial charge is 0.163 e. The van der Waals surface area contributed by atoms with Crippen LogP contribution < -0.4 is 5.32 Å². The Kier molecular flexibility index (Phi) is 4.27. The van der Waals surface area contributed by atoms with Crippen LogP contribution in [-0.2, 0) is 0 Å². The summed E-state index contributed by atoms with van der Waals surface area (Å²) >= 11 is 0. The summed E-state index contributed by atoms with van der Waals surface area (Å²) in [4.78, 5) is 17.7. The zero-order chi connectivity index (χ0) is 17.9. The van der Waals surface area contributed by atoms with Gasteiger partial charge in [0, 0.05) is 29.4 Å². The van der Waals surface area contributed by atoms with E-state index in [0.717, 1.165) is 22.3 Å². The van der Waals surface area contributed by atoms with Gasteiger partial charge in [-0.2, -0.15) is 5.10 Å². The number of nitrogens with zero attached hydrogens (tertiary/aromatic N) is 6. The Labute approximate surface area is 151 Å². The summed E-state index contributed by atoms with van der Waals surface area (Å²) in [6, 6.07) is 12.0. The van der Waals surface area contributed by atoms with Crippen molar-refractivity contribution in [1.29, 1.82) is 0 Å². The lowest BCUT2D eigenvalue weighted by atomic mass is 10.1. The number of rotatable bonds is 5. The molecule has 7 nitrogen and oxygen atoms in total. The van der Waals surface area contributed by atoms with E-state index in [1.165, 1.54) is 0 Å². The van der Waals surface area contributed by atoms with Crippen LogP contribution in [0.4, 0.5) is 5.82 Å². The molecular formula is C19H19N7. The van der Waals surface area contributed by atoms with Crippen LogP contribution in [0.1, 0.15) is 19.9 Å². The number of aromatic nitrogens is 6. The first-order chi connectivity index (χ1) is 12.7. The molecule has 26 heavy (non-hydrogen) atoms. The second kappa shape index (κ2) is 6.87. The van der Waals surface area contributed by atoms with Crippen LogP contribution in [0.3, 0.4) is 0 Å². The standard InChI is InChI=1S/C19H19N7/c1-13(14(2)26-12-21-11-22-26)23-19-16-7-3-4-8-17(16)24-18(25-19)15-6-5-9-20-10-15/h3-14H,1-2H3,(H,23,24,25)/t13-,14-/m0/s1. The molecule has 0 radical (unpaired) electrons. The second-order valence-corrected chi connectivity index (χ2v) is 6.20. The van der Waals surface area contributed by atoms with Gasteiger partial charge in [-0.15, -0.1) is 0 Å². The van der Waals surface area contributed by atoms with Gasteiger partial charge in [-0.25, -0.2) is 19.6 Å². The highest BCUT2D eigenvalue weighted by Crippen LogP contribution is 2.26. The minimum absolute atomic E-state index is 0.0942. The summed E-state index contributed by atoms with van der Waals surface area (Å²) in [5.74, 6) is 1.45. The molecule has 0 bridgehead atoms. The first kappa shape index (κ1) is 16.1. The van der Waals surface area contributed by atoms with Crippen molar-refractivity contribution in [1.82, 2.24) is 29.7 Å². The minimum Gasteiger partial charge on any atom is -0.365 e. The van der Waals surface area contributed by atoms with E-state index in [1.807, 2.05) is 41.1 Å². The Bertz CT molecular complexity index is 999. The maximum atomic E-state index is 4.77. The van der Waals surface area contributed by atoms with Crippen LogP contribution in [-0.4, -0.2) is 35.8 Å². The molecule has 1 aromatic carbocycles. The Morgan fingerprint density at radius 2 is 1.88 bits per heavy atom. The molecule has 0 fully saturated rings. The van der Waals surface area contributed by atoms with Gasteiger partial charge in [0.05, 0.1) is 11.6 Å². The number of hydrogen-bond acceptors (Lipinski definition) is 6. The second-order valence-electron chi connectivity index (χ2n) is 6.20. The highest BCUT2D eigenvalue weighted by atomic mass is 15.3. The topological polar surface area (TPSA) is 81.4 Å². The van der Waals surface area contributed by atoms with Crippen LogP contribution in [0.25, 0.3) is 22.3 Å². The quantitative estimate of drug-likeness (QED) is 0.597. The molecule has 0 aliphatic carbocycles. The normalized spacial score (nSPS) is 13.5. The van der Waals surface area contributed by atoms with Gasteiger partial charge in [0.1, 0.15) is 18.5 Å². The first-order valence-corrected chi connectivity index (χ1v) is 8.50. The van der Waals surface area contributed by atoms with Gasteiger partial charge in [0.15, 0.2) is 5.82 Å². The molecule has 4 rings (SSSR count). The molecule has 4 aromatic rings. The minimum atomic E-state index is 0.0942. The van der Waals surface area contributed by atoms with Crippen LogP contribution in [0.2, 0.25) is 0 Å². The average Bonchev–Trinajstić information content (AvgIpc) is 3.22. The van der Waals surface area contributed by atoms with Gasteiger partial charge in [0.25, 0.3) is 0 Å². The van der Waals surface area contributed by atoms with E-state index in [-0.39, 0.29) is 12.1 Å². The number of fused-ring (bicyclic) bond motifs is 1. The molecule has 3 heterocycles. The lowest BCUT2D eigenvalue weighted by Gasteiger charge is -2.22. The van der Waals surface area contributed by atoms with Crippen molar-refractivity contribution in [3.8, 4) is 11.4 Å². The van der Waals surface area contributed by atoms with Crippen molar-refractivity contribution in [3.05, 3.63) is 61.4 Å². The van der Waals surface area contributed by atoms with E-state index in [4.69, 9.17) is 4.98 Å². The largest absolute Gasteiger partial charge is 0.365 e. The van der Waals surface area contributed by atoms with Crippen molar-refractivity contribution >= 4 is 16.7 Å². The number of anilines is 1. The number of para-hydroxylation sites is 1. The molecule has 1 N–H and O–H groups in total. The first-order valence-electron chi connectivity index (χ1n) is 8.50. The molecule has 0 unspecified atom stereocenters. The van der Waals surface area contributed by atoms with Crippen LogP contribution in [0, 0.1) is 0 Å². The molecule has 0 amide bonds. The molecule has 0 saturated heterocycles. The highest BCUT2D eigenvalue weighted by Gasteiger charge is 2.17. The van der Waals surface area contributed by atoms with E-state index < -0.39 is 0 Å². The maximum Gasteiger partial charge on any atom is 0.163 e. The van der Waals surface area contributed by atoms with E-state index in [0.29, 0.717) is 5.82 Å². The van der Waals surface area contributed by atoms with Gasteiger partial charge >= 0.3 is 0 Å². The molecule has 0 saturated carbocycles. The lowest BCUT2D eigenvalue weighted by Crippen LogP contribution is -2.27. The Morgan fingerprint density at radius 3 is 2.65 bits per heavy atom. The van der Waals surface area contributed by atoms with Crippen molar-refractivity contribution in [2.24, 2.45) is 0 Å². The van der Waals surface area contributed by atoms with E-state index in [1.54, 1.807) is 25.0 Å². The molecule has 2 atom stereocenters. The Hall–Kier alpha value is -3.35. The third kappa shape index (κ3) is 3.11. The predicted molar refractivity (Wildman–Crippen MR) is 101 cm³/mol. The molecule has 0 aliphatic rings. The molecule has 0 spiro atoms. The predicted octanol–water partition coefficient (Wildman–Crippen LogP) is 3.34. The molecular weight excluding hydrogens is 326 g/mol. The molecule has 3 aromatic heterocycles. The van der Waals surface area contributed by atoms with Crippen LogP contribution in [0.15, 0.2) is 61.4 Å². The van der Waals surface area contributed by atoms with Gasteiger partial charge in [0.2, 0.25) is 0 Å². The van der Waals surface area contributed by atoms with Crippen LogP contribution in [0.5, 0.6) is 0 Å². The number of benzene rings is 1. The fraction of sp³-hybridized carbons (Fsp3) is 0.211. The zero-order valence-corrected chi connectivity index (χ0v) is 14.6. The molecule has 0 aliphatic heterocycles. The van der Waals surface area contributed by atoms with Crippen molar-refractivity contribution in [3.63, 3.8) is 0 Å². The maximum absolute atomic E-state index is 4.77. The van der Waals surface area contributed by atoms with E-state index in [9.17, 15) is 0 Å². The molecule has 130 valence electrons. The van der Waals surface area contributed by atoms with Gasteiger partial charge in [-0.1, -0.05) is 12.1 Å². The van der Waals surface area contributed by atoms with Gasteiger partial charge in [-0.05, 0) is 38.1 Å². The third-order valence-electron chi connectivity index (χ3n) is 4.46. The fourth-order valence-corrected chi connectivity index (χ4v) is 2.80. The third-order valence-corrected chi connectivity index (χ3v) is 4.46. The van der Waals surface area contributed by atoms with Crippen molar-refractivity contribution in [2.75, 3.05) is 5.32 Å². The zero-order valence-electron chi connectivity index (χ0n) is 14.6. The summed E-state index contributed by atoms with van der Waals surface area (Å²) in [5, 5.41) is 8.74. The van der Waals surface area contributed by atoms with Gasteiger partial charge < -0.3 is 5.32 Å². The van der Waals surface area contributed by atoms with Crippen LogP contribution >= 0.6 is 0 Å². The van der Waals surface area contributed by atoms with Crippen molar-refractivity contribution < 1.29 is 0 Å². The Morgan fingerprint density at radius 1 is 1.00 bits per heavy atom. The van der Waals surface area contributed by atoms with E-state index in [2.05, 4.69) is 39.2 Å². The van der Waals surface area contributed by atoms with E-state index >= 15 is 0 Å². The number of hydrogen-bond donors (Lipinski definition) is 1. The number of nitrogens with one attached hydrogen (secondary N) is 1. The highest BCUT2D eigenvalue weighted by molar-refractivity contribution is 5.90. The summed E-state index contributed by atoms with van der Waals surface area (Å²) in [5.41, 5.74) is 1.78. The lowest BCUT2D eigenvalue weighted by molar-refractivity contribution is 0.442. The number of pyridine rings is 1. The Balaban J connectivity index is 1.73. The summed E-state index contributed by atoms with van der Waals surface area (Å²) in [6.45, 7) is 4.20. The fourth-order valence-electron chi connectivity index (χ4n) is 2.80. The monoisotopic (exact) mass is 345 g/mol. The van der Waals surface area contributed by atoms with Gasteiger partial charge in [-0.3, -0.25) is 4.98 Å².